The molecule has 1 aromatic heterocycles. The summed E-state index contributed by atoms with van der Waals surface area (Å²) in [5.41, 5.74) is 1.68. The Morgan fingerprint density at radius 2 is 1.92 bits per heavy atom. The molecule has 3 heterocycles. The molecule has 1 amide bonds. The van der Waals surface area contributed by atoms with E-state index in [-0.39, 0.29) is 26.1 Å². The first-order valence-electron chi connectivity index (χ1n) is 13.1. The molecule has 2 aliphatic rings. The Bertz CT molecular complexity index is 1190. The molecule has 0 aliphatic carbocycles. The maximum absolute atomic E-state index is 13.2. The molecule has 214 valence electrons. The largest absolute Gasteiger partial charge is 0.493 e. The van der Waals surface area contributed by atoms with Crippen LogP contribution in [0, 0.1) is 5.92 Å². The van der Waals surface area contributed by atoms with Crippen molar-refractivity contribution in [3.05, 3.63) is 41.2 Å². The molecule has 1 atom stereocenters. The number of halogens is 3. The van der Waals surface area contributed by atoms with Crippen LogP contribution >= 0.6 is 0 Å². The van der Waals surface area contributed by atoms with Crippen molar-refractivity contribution in [1.29, 1.82) is 0 Å². The van der Waals surface area contributed by atoms with E-state index in [2.05, 4.69) is 4.98 Å². The van der Waals surface area contributed by atoms with Crippen molar-refractivity contribution in [1.82, 2.24) is 14.5 Å². The number of fused-ring (bicyclic) bond motifs is 2. The molecule has 1 N–H and O–H groups in total. The third-order valence-corrected chi connectivity index (χ3v) is 6.53. The number of benzene rings is 1. The number of carbonyl (C=O) groups is 2. The van der Waals surface area contributed by atoms with Gasteiger partial charge in [0.05, 0.1) is 18.8 Å². The first-order chi connectivity index (χ1) is 18.3. The lowest BCUT2D eigenvalue weighted by molar-refractivity contribution is -0.148. The number of nitrogens with zero attached hydrogens (tertiary/aromatic N) is 4. The number of carboxylic acid groups (broad SMARTS) is 1. The van der Waals surface area contributed by atoms with Crippen LogP contribution in [-0.4, -0.2) is 69.6 Å². The zero-order valence-electron chi connectivity index (χ0n) is 22.5. The predicted molar refractivity (Wildman–Crippen MR) is 137 cm³/mol. The van der Waals surface area contributed by atoms with Crippen molar-refractivity contribution in [3.8, 4) is 5.75 Å². The first-order valence-corrected chi connectivity index (χ1v) is 13.1. The molecular formula is C27H35F3N4O5. The molecule has 0 saturated carbocycles. The number of hydrogen-bond donors (Lipinski definition) is 1. The van der Waals surface area contributed by atoms with E-state index < -0.39 is 36.3 Å². The highest BCUT2D eigenvalue weighted by Crippen LogP contribution is 2.30. The lowest BCUT2D eigenvalue weighted by Crippen LogP contribution is -2.41. The topological polar surface area (TPSA) is 97.1 Å². The minimum absolute atomic E-state index is 0.0575. The van der Waals surface area contributed by atoms with Gasteiger partial charge in [-0.15, -0.1) is 0 Å². The molecule has 4 rings (SSSR count). The van der Waals surface area contributed by atoms with Crippen LogP contribution in [0.15, 0.2) is 24.4 Å². The van der Waals surface area contributed by atoms with Crippen molar-refractivity contribution >= 4 is 18.0 Å². The number of amides is 1. The molecule has 2 aliphatic heterocycles. The zero-order valence-corrected chi connectivity index (χ0v) is 22.5. The average molecular weight is 553 g/mol. The fourth-order valence-corrected chi connectivity index (χ4v) is 5.06. The van der Waals surface area contributed by atoms with E-state index in [0.717, 1.165) is 24.2 Å². The molecule has 0 spiro atoms. The average Bonchev–Trinajstić information content (AvgIpc) is 3.13. The Hall–Kier alpha value is -3.28. The summed E-state index contributed by atoms with van der Waals surface area (Å²) in [7, 11) is 0. The number of imidazole rings is 1. The van der Waals surface area contributed by atoms with E-state index in [1.807, 2.05) is 37.6 Å². The van der Waals surface area contributed by atoms with Crippen LogP contribution in [-0.2, 0) is 35.5 Å². The monoisotopic (exact) mass is 552 g/mol. The highest BCUT2D eigenvalue weighted by molar-refractivity contribution is 5.86. The van der Waals surface area contributed by atoms with Crippen molar-refractivity contribution < 1.29 is 37.3 Å². The number of hydrogen-bond acceptors (Lipinski definition) is 6. The summed E-state index contributed by atoms with van der Waals surface area (Å²) < 4.78 is 52.8. The lowest BCUT2D eigenvalue weighted by atomic mass is 9.95. The van der Waals surface area contributed by atoms with Gasteiger partial charge in [-0.1, -0.05) is 6.07 Å². The number of anilines is 1. The Balaban J connectivity index is 1.41. The Labute approximate surface area is 225 Å². The summed E-state index contributed by atoms with van der Waals surface area (Å²) in [5, 5.41) is 9.21. The van der Waals surface area contributed by atoms with Gasteiger partial charge < -0.3 is 19.1 Å². The summed E-state index contributed by atoms with van der Waals surface area (Å²) in [6.07, 6.45) is -1.46. The van der Waals surface area contributed by atoms with Crippen molar-refractivity contribution in [2.75, 3.05) is 31.1 Å². The summed E-state index contributed by atoms with van der Waals surface area (Å²) in [4.78, 5) is 31.3. The third-order valence-electron chi connectivity index (χ3n) is 6.53. The summed E-state index contributed by atoms with van der Waals surface area (Å²) in [6, 6.07) is 5.31. The highest BCUT2D eigenvalue weighted by atomic mass is 19.4. The summed E-state index contributed by atoms with van der Waals surface area (Å²) >= 11 is 0. The molecule has 12 heteroatoms. The van der Waals surface area contributed by atoms with E-state index in [1.165, 1.54) is 9.80 Å². The second kappa shape index (κ2) is 11.4. The summed E-state index contributed by atoms with van der Waals surface area (Å²) in [6.45, 7) is 6.02. The zero-order chi connectivity index (χ0) is 28.4. The normalized spacial score (nSPS) is 18.2. The number of alkyl halides is 3. The van der Waals surface area contributed by atoms with Gasteiger partial charge in [-0.3, -0.25) is 9.69 Å². The van der Waals surface area contributed by atoms with Crippen LogP contribution < -0.4 is 9.64 Å². The first kappa shape index (κ1) is 28.7. The van der Waals surface area contributed by atoms with Crippen LogP contribution in [0.2, 0.25) is 0 Å². The third kappa shape index (κ3) is 8.11. The van der Waals surface area contributed by atoms with Crippen LogP contribution in [0.5, 0.6) is 5.75 Å². The van der Waals surface area contributed by atoms with E-state index in [4.69, 9.17) is 9.47 Å². The van der Waals surface area contributed by atoms with E-state index in [1.54, 1.807) is 12.1 Å². The van der Waals surface area contributed by atoms with Crippen LogP contribution in [0.3, 0.4) is 0 Å². The molecule has 1 aromatic carbocycles. The number of aryl methyl sites for hydroxylation is 1. The van der Waals surface area contributed by atoms with Crippen LogP contribution in [0.25, 0.3) is 0 Å². The SMILES string of the molecule is CC(C)(C)OC(=O)N1CCCn2cc(CCOc3ccc4c(c3)CN(CC(F)(F)F)CC(CC(=O)O)C4)nc21. The Kier molecular flexibility index (Phi) is 8.43. The van der Waals surface area contributed by atoms with Crippen molar-refractivity contribution in [2.45, 2.75) is 71.3 Å². The second-order valence-electron chi connectivity index (χ2n) is 11.2. The molecule has 0 saturated heterocycles. The quantitative estimate of drug-likeness (QED) is 0.534. The van der Waals surface area contributed by atoms with E-state index >= 15 is 0 Å². The maximum atomic E-state index is 13.2. The molecule has 0 fully saturated rings. The molecule has 1 unspecified atom stereocenters. The molecule has 0 bridgehead atoms. The number of ether oxygens (including phenoxy) is 2. The second-order valence-corrected chi connectivity index (χ2v) is 11.2. The molecule has 39 heavy (non-hydrogen) atoms. The smallest absolute Gasteiger partial charge is 0.417 e. The van der Waals surface area contributed by atoms with Gasteiger partial charge in [0, 0.05) is 45.2 Å². The van der Waals surface area contributed by atoms with Gasteiger partial charge in [0.15, 0.2) is 0 Å². The minimum Gasteiger partial charge on any atom is -0.493 e. The molecular weight excluding hydrogens is 517 g/mol. The van der Waals surface area contributed by atoms with Crippen molar-refractivity contribution in [3.63, 3.8) is 0 Å². The van der Waals surface area contributed by atoms with Crippen LogP contribution in [0.1, 0.15) is 50.4 Å². The molecule has 9 nitrogen and oxygen atoms in total. The van der Waals surface area contributed by atoms with Gasteiger partial charge in [0.2, 0.25) is 5.95 Å². The van der Waals surface area contributed by atoms with E-state index in [0.29, 0.717) is 36.6 Å². The Morgan fingerprint density at radius 3 is 2.62 bits per heavy atom. The number of aliphatic carboxylic acids is 1. The molecule has 0 radical (unpaired) electrons. The number of carboxylic acids is 1. The maximum Gasteiger partial charge on any atom is 0.417 e. The van der Waals surface area contributed by atoms with Gasteiger partial charge in [0.25, 0.3) is 0 Å². The minimum atomic E-state index is -4.38. The van der Waals surface area contributed by atoms with Gasteiger partial charge in [0.1, 0.15) is 11.4 Å². The number of rotatable bonds is 7. The van der Waals surface area contributed by atoms with Gasteiger partial charge >= 0.3 is 18.2 Å². The van der Waals surface area contributed by atoms with E-state index in [9.17, 15) is 27.9 Å². The fraction of sp³-hybridized carbons (Fsp3) is 0.593. The number of carbonyl (C=O) groups excluding carboxylic acids is 1. The van der Waals surface area contributed by atoms with Crippen molar-refractivity contribution in [2.24, 2.45) is 5.92 Å². The fourth-order valence-electron chi connectivity index (χ4n) is 5.06. The highest BCUT2D eigenvalue weighted by Gasteiger charge is 2.34. The lowest BCUT2D eigenvalue weighted by Gasteiger charge is -2.29. The van der Waals surface area contributed by atoms with Gasteiger partial charge in [-0.25, -0.2) is 14.7 Å². The van der Waals surface area contributed by atoms with Gasteiger partial charge in [-0.2, -0.15) is 13.2 Å². The van der Waals surface area contributed by atoms with Crippen LogP contribution in [0.4, 0.5) is 23.9 Å². The Morgan fingerprint density at radius 1 is 1.15 bits per heavy atom. The number of aromatic nitrogens is 2. The van der Waals surface area contributed by atoms with Gasteiger partial charge in [-0.05, 0) is 62.8 Å². The molecule has 2 aromatic rings. The predicted octanol–water partition coefficient (Wildman–Crippen LogP) is 4.66. The standard InChI is InChI=1S/C27H35F3N4O5/c1-26(2,3)39-25(37)34-9-4-8-33-16-21(31-24(33)34)7-10-38-22-6-5-19-11-18(12-23(35)36)14-32(15-20(19)13-22)17-27(28,29)30/h5-6,13,16,18H,4,7-12,14-15,17H2,1-3H3,(H,35,36). The summed E-state index contributed by atoms with van der Waals surface area (Å²) in [5.74, 6) is -0.372.